The summed E-state index contributed by atoms with van der Waals surface area (Å²) in [5.41, 5.74) is 5.47. The van der Waals surface area contributed by atoms with Gasteiger partial charge < -0.3 is 4.84 Å². The SMILES string of the molecule is CON[C@@H](C)c1ccccc1C. The summed E-state index contributed by atoms with van der Waals surface area (Å²) in [6.07, 6.45) is 0. The minimum atomic E-state index is 0.246. The summed E-state index contributed by atoms with van der Waals surface area (Å²) in [5, 5.41) is 0. The molecule has 1 atom stereocenters. The minimum absolute atomic E-state index is 0.246. The monoisotopic (exact) mass is 165 g/mol. The van der Waals surface area contributed by atoms with Gasteiger partial charge in [0.2, 0.25) is 0 Å². The van der Waals surface area contributed by atoms with E-state index in [1.807, 2.05) is 12.1 Å². The standard InChI is InChI=1S/C10H15NO/c1-8-6-4-5-7-10(8)9(2)11-12-3/h4-7,9,11H,1-3H3/t9-/m0/s1. The molecule has 0 amide bonds. The molecule has 0 unspecified atom stereocenters. The zero-order valence-electron chi connectivity index (χ0n) is 7.79. The smallest absolute Gasteiger partial charge is 0.0572 e. The topological polar surface area (TPSA) is 21.3 Å². The van der Waals surface area contributed by atoms with Crippen molar-refractivity contribution in [1.82, 2.24) is 5.48 Å². The first-order chi connectivity index (χ1) is 5.75. The molecular formula is C10H15NO. The van der Waals surface area contributed by atoms with E-state index in [-0.39, 0.29) is 6.04 Å². The van der Waals surface area contributed by atoms with Crippen molar-refractivity contribution in [2.75, 3.05) is 7.11 Å². The van der Waals surface area contributed by atoms with Crippen LogP contribution in [0.5, 0.6) is 0 Å². The molecule has 66 valence electrons. The normalized spacial score (nSPS) is 12.9. The maximum Gasteiger partial charge on any atom is 0.0572 e. The van der Waals surface area contributed by atoms with Gasteiger partial charge in [0.1, 0.15) is 0 Å². The van der Waals surface area contributed by atoms with Gasteiger partial charge in [0.25, 0.3) is 0 Å². The molecule has 0 heterocycles. The summed E-state index contributed by atoms with van der Waals surface area (Å²) >= 11 is 0. The molecule has 2 heteroatoms. The molecule has 1 aromatic carbocycles. The van der Waals surface area contributed by atoms with E-state index < -0.39 is 0 Å². The Kier molecular flexibility index (Phi) is 3.26. The van der Waals surface area contributed by atoms with Crippen LogP contribution in [-0.4, -0.2) is 7.11 Å². The zero-order chi connectivity index (χ0) is 8.97. The summed E-state index contributed by atoms with van der Waals surface area (Å²) in [7, 11) is 1.63. The van der Waals surface area contributed by atoms with E-state index in [0.29, 0.717) is 0 Å². The average Bonchev–Trinajstić information content (AvgIpc) is 2.05. The molecule has 1 N–H and O–H groups in total. The van der Waals surface area contributed by atoms with Crippen LogP contribution in [0.25, 0.3) is 0 Å². The van der Waals surface area contributed by atoms with Gasteiger partial charge in [0.15, 0.2) is 0 Å². The van der Waals surface area contributed by atoms with Gasteiger partial charge in [-0.15, -0.1) is 0 Å². The fourth-order valence-corrected chi connectivity index (χ4v) is 1.31. The van der Waals surface area contributed by atoms with Crippen molar-refractivity contribution in [3.8, 4) is 0 Å². The van der Waals surface area contributed by atoms with Crippen molar-refractivity contribution in [2.45, 2.75) is 19.9 Å². The Labute approximate surface area is 73.5 Å². The quantitative estimate of drug-likeness (QED) is 0.693. The first kappa shape index (κ1) is 9.23. The molecular weight excluding hydrogens is 150 g/mol. The number of nitrogens with one attached hydrogen (secondary N) is 1. The molecule has 0 aliphatic heterocycles. The van der Waals surface area contributed by atoms with E-state index in [4.69, 9.17) is 4.84 Å². The Bertz CT molecular complexity index is 247. The highest BCUT2D eigenvalue weighted by molar-refractivity contribution is 5.27. The number of hydrogen-bond acceptors (Lipinski definition) is 2. The van der Waals surface area contributed by atoms with Gasteiger partial charge in [0.05, 0.1) is 13.2 Å². The molecule has 0 saturated carbocycles. The second-order valence-corrected chi connectivity index (χ2v) is 2.90. The highest BCUT2D eigenvalue weighted by Gasteiger charge is 2.05. The second-order valence-electron chi connectivity index (χ2n) is 2.90. The number of hydroxylamine groups is 1. The molecule has 2 nitrogen and oxygen atoms in total. The van der Waals surface area contributed by atoms with Crippen LogP contribution in [0.2, 0.25) is 0 Å². The summed E-state index contributed by atoms with van der Waals surface area (Å²) in [6.45, 7) is 4.18. The summed E-state index contributed by atoms with van der Waals surface area (Å²) in [6, 6.07) is 8.53. The molecule has 0 spiro atoms. The molecule has 0 bridgehead atoms. The lowest BCUT2D eigenvalue weighted by Crippen LogP contribution is -2.17. The van der Waals surface area contributed by atoms with Gasteiger partial charge in [-0.1, -0.05) is 24.3 Å². The van der Waals surface area contributed by atoms with Crippen molar-refractivity contribution in [1.29, 1.82) is 0 Å². The van der Waals surface area contributed by atoms with E-state index >= 15 is 0 Å². The molecule has 0 aromatic heterocycles. The Morgan fingerprint density at radius 1 is 1.33 bits per heavy atom. The molecule has 1 aromatic rings. The maximum absolute atomic E-state index is 4.86. The van der Waals surface area contributed by atoms with Gasteiger partial charge >= 0.3 is 0 Å². The van der Waals surface area contributed by atoms with Crippen molar-refractivity contribution in [3.63, 3.8) is 0 Å². The number of aryl methyl sites for hydroxylation is 1. The van der Waals surface area contributed by atoms with Crippen LogP contribution in [0.4, 0.5) is 0 Å². The number of benzene rings is 1. The predicted molar refractivity (Wildman–Crippen MR) is 49.7 cm³/mol. The van der Waals surface area contributed by atoms with Gasteiger partial charge in [-0.3, -0.25) is 0 Å². The fourth-order valence-electron chi connectivity index (χ4n) is 1.31. The highest BCUT2D eigenvalue weighted by atomic mass is 16.6. The molecule has 0 saturated heterocycles. The summed E-state index contributed by atoms with van der Waals surface area (Å²) in [5.74, 6) is 0. The number of rotatable bonds is 3. The zero-order valence-corrected chi connectivity index (χ0v) is 7.79. The van der Waals surface area contributed by atoms with Crippen LogP contribution >= 0.6 is 0 Å². The predicted octanol–water partition coefficient (Wildman–Crippen LogP) is 2.21. The van der Waals surface area contributed by atoms with Gasteiger partial charge in [-0.2, -0.15) is 5.48 Å². The molecule has 0 aliphatic rings. The van der Waals surface area contributed by atoms with Crippen LogP contribution in [0.15, 0.2) is 24.3 Å². The lowest BCUT2D eigenvalue weighted by Gasteiger charge is -2.14. The largest absolute Gasteiger partial charge is 0.305 e. The van der Waals surface area contributed by atoms with Crippen LogP contribution in [0, 0.1) is 6.92 Å². The lowest BCUT2D eigenvalue weighted by molar-refractivity contribution is 0.0657. The van der Waals surface area contributed by atoms with Crippen LogP contribution in [0.3, 0.4) is 0 Å². The molecule has 0 fully saturated rings. The van der Waals surface area contributed by atoms with Crippen molar-refractivity contribution >= 4 is 0 Å². The third kappa shape index (κ3) is 2.06. The molecule has 12 heavy (non-hydrogen) atoms. The van der Waals surface area contributed by atoms with E-state index in [1.165, 1.54) is 11.1 Å². The van der Waals surface area contributed by atoms with E-state index in [2.05, 4.69) is 31.5 Å². The van der Waals surface area contributed by atoms with Gasteiger partial charge in [-0.25, -0.2) is 0 Å². The molecule has 0 aliphatic carbocycles. The van der Waals surface area contributed by atoms with Crippen LogP contribution < -0.4 is 5.48 Å². The average molecular weight is 165 g/mol. The Morgan fingerprint density at radius 3 is 2.58 bits per heavy atom. The highest BCUT2D eigenvalue weighted by Crippen LogP contribution is 2.15. The van der Waals surface area contributed by atoms with Crippen molar-refractivity contribution in [3.05, 3.63) is 35.4 Å². The third-order valence-corrected chi connectivity index (χ3v) is 1.95. The summed E-state index contributed by atoms with van der Waals surface area (Å²) in [4.78, 5) is 4.86. The number of hydrogen-bond donors (Lipinski definition) is 1. The van der Waals surface area contributed by atoms with E-state index in [1.54, 1.807) is 7.11 Å². The molecule has 0 radical (unpaired) electrons. The van der Waals surface area contributed by atoms with Crippen molar-refractivity contribution in [2.24, 2.45) is 0 Å². The third-order valence-electron chi connectivity index (χ3n) is 1.95. The first-order valence-corrected chi connectivity index (χ1v) is 4.09. The first-order valence-electron chi connectivity index (χ1n) is 4.09. The Morgan fingerprint density at radius 2 is 2.00 bits per heavy atom. The fraction of sp³-hybridized carbons (Fsp3) is 0.400. The van der Waals surface area contributed by atoms with Crippen molar-refractivity contribution < 1.29 is 4.84 Å². The van der Waals surface area contributed by atoms with E-state index in [0.717, 1.165) is 0 Å². The van der Waals surface area contributed by atoms with Gasteiger partial charge in [-0.05, 0) is 25.0 Å². The maximum atomic E-state index is 4.86. The second kappa shape index (κ2) is 4.24. The van der Waals surface area contributed by atoms with E-state index in [9.17, 15) is 0 Å². The molecule has 1 rings (SSSR count). The minimum Gasteiger partial charge on any atom is -0.305 e. The Balaban J connectivity index is 2.79. The summed E-state index contributed by atoms with van der Waals surface area (Å²) < 4.78 is 0. The van der Waals surface area contributed by atoms with Crippen LogP contribution in [0.1, 0.15) is 24.1 Å². The lowest BCUT2D eigenvalue weighted by atomic mass is 10.0. The Hall–Kier alpha value is -0.860. The van der Waals surface area contributed by atoms with Gasteiger partial charge in [0, 0.05) is 0 Å². The van der Waals surface area contributed by atoms with Crippen LogP contribution in [-0.2, 0) is 4.84 Å².